The number of carbonyl (C=O) groups excluding carboxylic acids is 1. The first kappa shape index (κ1) is 14.8. The summed E-state index contributed by atoms with van der Waals surface area (Å²) in [5, 5.41) is 9.89. The van der Waals surface area contributed by atoms with E-state index in [1.165, 1.54) is 6.42 Å². The van der Waals surface area contributed by atoms with E-state index in [-0.39, 0.29) is 17.4 Å². The minimum absolute atomic E-state index is 0.0755. The molecule has 2 rings (SSSR count). The SMILES string of the molecule is CN[C@@H](CC(C)(C)C)C(=O)N[C@H]1CC[C@@H]2CNC[C@@H]21. The Balaban J connectivity index is 1.89. The maximum atomic E-state index is 12.4. The molecular weight excluding hydrogens is 238 g/mol. The summed E-state index contributed by atoms with van der Waals surface area (Å²) in [6.07, 6.45) is 3.27. The zero-order chi connectivity index (χ0) is 14.0. The van der Waals surface area contributed by atoms with E-state index in [0.717, 1.165) is 31.8 Å². The summed E-state index contributed by atoms with van der Waals surface area (Å²) in [7, 11) is 1.88. The Hall–Kier alpha value is -0.610. The molecule has 1 saturated carbocycles. The molecule has 1 aliphatic carbocycles. The van der Waals surface area contributed by atoms with Gasteiger partial charge >= 0.3 is 0 Å². The second-order valence-electron chi connectivity index (χ2n) is 7.38. The van der Waals surface area contributed by atoms with Gasteiger partial charge in [0.1, 0.15) is 0 Å². The first-order valence-corrected chi connectivity index (χ1v) is 7.59. The zero-order valence-corrected chi connectivity index (χ0v) is 12.8. The van der Waals surface area contributed by atoms with Crippen molar-refractivity contribution in [3.63, 3.8) is 0 Å². The van der Waals surface area contributed by atoms with E-state index in [9.17, 15) is 4.79 Å². The minimum Gasteiger partial charge on any atom is -0.352 e. The van der Waals surface area contributed by atoms with Crippen molar-refractivity contribution in [2.24, 2.45) is 17.3 Å². The molecule has 0 aromatic rings. The van der Waals surface area contributed by atoms with E-state index in [1.54, 1.807) is 0 Å². The van der Waals surface area contributed by atoms with Gasteiger partial charge in [0, 0.05) is 12.6 Å². The molecule has 1 saturated heterocycles. The Labute approximate surface area is 117 Å². The summed E-state index contributed by atoms with van der Waals surface area (Å²) in [6, 6.07) is 0.303. The van der Waals surface area contributed by atoms with E-state index in [1.807, 2.05) is 7.05 Å². The molecule has 1 heterocycles. The smallest absolute Gasteiger partial charge is 0.237 e. The van der Waals surface area contributed by atoms with Crippen LogP contribution >= 0.6 is 0 Å². The third-order valence-corrected chi connectivity index (χ3v) is 4.57. The Morgan fingerprint density at radius 1 is 1.32 bits per heavy atom. The average Bonchev–Trinajstić information content (AvgIpc) is 2.89. The zero-order valence-electron chi connectivity index (χ0n) is 12.8. The lowest BCUT2D eigenvalue weighted by molar-refractivity contribution is -0.124. The lowest BCUT2D eigenvalue weighted by Gasteiger charge is -2.27. The lowest BCUT2D eigenvalue weighted by atomic mass is 9.87. The van der Waals surface area contributed by atoms with Crippen molar-refractivity contribution in [2.75, 3.05) is 20.1 Å². The van der Waals surface area contributed by atoms with Crippen LogP contribution in [0.3, 0.4) is 0 Å². The van der Waals surface area contributed by atoms with Crippen molar-refractivity contribution < 1.29 is 4.79 Å². The van der Waals surface area contributed by atoms with Crippen molar-refractivity contribution >= 4 is 5.91 Å². The van der Waals surface area contributed by atoms with Gasteiger partial charge in [-0.15, -0.1) is 0 Å². The third-order valence-electron chi connectivity index (χ3n) is 4.57. The fraction of sp³-hybridized carbons (Fsp3) is 0.933. The van der Waals surface area contributed by atoms with Gasteiger partial charge in [0.25, 0.3) is 0 Å². The minimum atomic E-state index is -0.0755. The number of rotatable bonds is 4. The molecule has 4 nitrogen and oxygen atoms in total. The van der Waals surface area contributed by atoms with Crippen LogP contribution in [0.15, 0.2) is 0 Å². The van der Waals surface area contributed by atoms with E-state index < -0.39 is 0 Å². The summed E-state index contributed by atoms with van der Waals surface area (Å²) in [6.45, 7) is 8.74. The topological polar surface area (TPSA) is 53.2 Å². The fourth-order valence-electron chi connectivity index (χ4n) is 3.55. The second kappa shape index (κ2) is 5.80. The number of fused-ring (bicyclic) bond motifs is 1. The highest BCUT2D eigenvalue weighted by molar-refractivity contribution is 5.82. The van der Waals surface area contributed by atoms with Crippen LogP contribution in [-0.4, -0.2) is 38.1 Å². The van der Waals surface area contributed by atoms with Crippen LogP contribution in [0, 0.1) is 17.3 Å². The number of amides is 1. The Kier molecular flexibility index (Phi) is 4.51. The first-order valence-electron chi connectivity index (χ1n) is 7.59. The third kappa shape index (κ3) is 3.69. The molecule has 0 spiro atoms. The lowest BCUT2D eigenvalue weighted by Crippen LogP contribution is -2.49. The van der Waals surface area contributed by atoms with Gasteiger partial charge in [-0.25, -0.2) is 0 Å². The van der Waals surface area contributed by atoms with Crippen LogP contribution in [0.2, 0.25) is 0 Å². The monoisotopic (exact) mass is 267 g/mol. The average molecular weight is 267 g/mol. The molecule has 19 heavy (non-hydrogen) atoms. The van der Waals surface area contributed by atoms with E-state index in [2.05, 4.69) is 36.7 Å². The van der Waals surface area contributed by atoms with Crippen molar-refractivity contribution in [3.05, 3.63) is 0 Å². The number of likely N-dealkylation sites (N-methyl/N-ethyl adjacent to an activating group) is 1. The van der Waals surface area contributed by atoms with E-state index in [0.29, 0.717) is 12.0 Å². The van der Waals surface area contributed by atoms with Crippen LogP contribution in [-0.2, 0) is 4.79 Å². The molecule has 1 aliphatic heterocycles. The molecule has 0 unspecified atom stereocenters. The summed E-state index contributed by atoms with van der Waals surface area (Å²) in [5.74, 6) is 1.60. The van der Waals surface area contributed by atoms with E-state index >= 15 is 0 Å². The van der Waals surface area contributed by atoms with Gasteiger partial charge in [0.2, 0.25) is 5.91 Å². The van der Waals surface area contributed by atoms with Crippen molar-refractivity contribution in [1.82, 2.24) is 16.0 Å². The Morgan fingerprint density at radius 2 is 2.05 bits per heavy atom. The maximum absolute atomic E-state index is 12.4. The highest BCUT2D eigenvalue weighted by atomic mass is 16.2. The van der Waals surface area contributed by atoms with Crippen LogP contribution in [0.4, 0.5) is 0 Å². The predicted molar refractivity (Wildman–Crippen MR) is 77.9 cm³/mol. The second-order valence-corrected chi connectivity index (χ2v) is 7.38. The molecule has 0 bridgehead atoms. The highest BCUT2D eigenvalue weighted by Gasteiger charge is 2.40. The van der Waals surface area contributed by atoms with Gasteiger partial charge < -0.3 is 16.0 Å². The maximum Gasteiger partial charge on any atom is 0.237 e. The molecule has 4 heteroatoms. The Morgan fingerprint density at radius 3 is 2.68 bits per heavy atom. The molecule has 0 radical (unpaired) electrons. The summed E-state index contributed by atoms with van der Waals surface area (Å²) in [4.78, 5) is 12.4. The molecule has 4 atom stereocenters. The molecule has 110 valence electrons. The van der Waals surface area contributed by atoms with Crippen LogP contribution < -0.4 is 16.0 Å². The van der Waals surface area contributed by atoms with Crippen molar-refractivity contribution in [3.8, 4) is 0 Å². The number of carbonyl (C=O) groups is 1. The van der Waals surface area contributed by atoms with Crippen LogP contribution in [0.5, 0.6) is 0 Å². The molecule has 2 fully saturated rings. The summed E-state index contributed by atoms with van der Waals surface area (Å²) >= 11 is 0. The highest BCUT2D eigenvalue weighted by Crippen LogP contribution is 2.34. The van der Waals surface area contributed by atoms with Gasteiger partial charge in [0.15, 0.2) is 0 Å². The standard InChI is InChI=1S/C15H29N3O/c1-15(2,3)7-13(16-4)14(19)18-12-6-5-10-8-17-9-11(10)12/h10-13,16-17H,5-9H2,1-4H3,(H,18,19)/t10-,11+,12+,13+/m1/s1. The quantitative estimate of drug-likeness (QED) is 0.715. The van der Waals surface area contributed by atoms with Gasteiger partial charge in [-0.3, -0.25) is 4.79 Å². The van der Waals surface area contributed by atoms with E-state index in [4.69, 9.17) is 0 Å². The molecule has 0 aromatic carbocycles. The number of nitrogens with one attached hydrogen (secondary N) is 3. The molecular formula is C15H29N3O. The number of hydrogen-bond acceptors (Lipinski definition) is 3. The Bertz CT molecular complexity index is 324. The molecule has 0 aromatic heterocycles. The normalized spacial score (nSPS) is 32.1. The summed E-state index contributed by atoms with van der Waals surface area (Å²) in [5.41, 5.74) is 0.165. The van der Waals surface area contributed by atoms with Crippen molar-refractivity contribution in [1.29, 1.82) is 0 Å². The van der Waals surface area contributed by atoms with Gasteiger partial charge in [0.05, 0.1) is 6.04 Å². The van der Waals surface area contributed by atoms with Gasteiger partial charge in [-0.05, 0) is 50.1 Å². The first-order chi connectivity index (χ1) is 8.90. The molecule has 3 N–H and O–H groups in total. The van der Waals surface area contributed by atoms with Crippen LogP contribution in [0.25, 0.3) is 0 Å². The molecule has 1 amide bonds. The molecule has 2 aliphatic rings. The summed E-state index contributed by atoms with van der Waals surface area (Å²) < 4.78 is 0. The number of hydrogen-bond donors (Lipinski definition) is 3. The van der Waals surface area contributed by atoms with Crippen LogP contribution in [0.1, 0.15) is 40.0 Å². The predicted octanol–water partition coefficient (Wildman–Crippen LogP) is 1.12. The van der Waals surface area contributed by atoms with Crippen molar-refractivity contribution in [2.45, 2.75) is 52.1 Å². The fourth-order valence-corrected chi connectivity index (χ4v) is 3.55. The van der Waals surface area contributed by atoms with Gasteiger partial charge in [-0.2, -0.15) is 0 Å². The largest absolute Gasteiger partial charge is 0.352 e. The van der Waals surface area contributed by atoms with Gasteiger partial charge in [-0.1, -0.05) is 20.8 Å².